The fourth-order valence-corrected chi connectivity index (χ4v) is 2.28. The van der Waals surface area contributed by atoms with Crippen molar-refractivity contribution in [2.75, 3.05) is 4.72 Å². The number of hydrogen-bond donors (Lipinski definition) is 2. The first-order valence-electron chi connectivity index (χ1n) is 5.16. The minimum atomic E-state index is -4.43. The van der Waals surface area contributed by atoms with E-state index >= 15 is 0 Å². The summed E-state index contributed by atoms with van der Waals surface area (Å²) in [5.74, 6) is -0.285. The molecule has 0 unspecified atom stereocenters. The molecule has 0 aromatic heterocycles. The molecule has 0 bridgehead atoms. The van der Waals surface area contributed by atoms with Gasteiger partial charge >= 0.3 is 10.3 Å². The minimum absolute atomic E-state index is 0.100. The molecule has 0 aliphatic carbocycles. The Hall–Kier alpha value is -1.92. The molecular formula is C12H11NO4S. The zero-order valence-electron chi connectivity index (χ0n) is 9.54. The number of anilines is 1. The van der Waals surface area contributed by atoms with Crippen LogP contribution in [-0.4, -0.2) is 18.8 Å². The van der Waals surface area contributed by atoms with Crippen LogP contribution in [0.4, 0.5) is 5.69 Å². The summed E-state index contributed by atoms with van der Waals surface area (Å²) in [4.78, 5) is 11.5. The van der Waals surface area contributed by atoms with Crippen LogP contribution >= 0.6 is 0 Å². The second-order valence-corrected chi connectivity index (χ2v) is 5.00. The highest BCUT2D eigenvalue weighted by atomic mass is 32.2. The molecule has 2 rings (SSSR count). The Kier molecular flexibility index (Phi) is 3.06. The van der Waals surface area contributed by atoms with E-state index in [4.69, 9.17) is 4.55 Å². The molecule has 0 aliphatic heterocycles. The monoisotopic (exact) mass is 265 g/mol. The standard InChI is InChI=1S/C12H11NO4S/c1-8(14)10-7-6-9-4-2-3-5-11(9)12(10)13-18(15,16)17/h2-7,13H,1H3,(H,15,16,17). The number of carbonyl (C=O) groups is 1. The molecular weight excluding hydrogens is 254 g/mol. The Balaban J connectivity index is 2.78. The fraction of sp³-hybridized carbons (Fsp3) is 0.0833. The average Bonchev–Trinajstić information content (AvgIpc) is 2.27. The lowest BCUT2D eigenvalue weighted by Gasteiger charge is -2.11. The van der Waals surface area contributed by atoms with Gasteiger partial charge in [-0.25, -0.2) is 0 Å². The van der Waals surface area contributed by atoms with Gasteiger partial charge in [-0.05, 0) is 18.4 Å². The number of hydrogen-bond acceptors (Lipinski definition) is 3. The van der Waals surface area contributed by atoms with Crippen LogP contribution in [-0.2, 0) is 10.3 Å². The number of carbonyl (C=O) groups excluding carboxylic acids is 1. The van der Waals surface area contributed by atoms with Crippen LogP contribution in [0, 0.1) is 0 Å². The summed E-state index contributed by atoms with van der Waals surface area (Å²) in [5.41, 5.74) is 0.314. The van der Waals surface area contributed by atoms with Crippen LogP contribution in [0.15, 0.2) is 36.4 Å². The van der Waals surface area contributed by atoms with Gasteiger partial charge in [-0.1, -0.05) is 30.3 Å². The van der Waals surface area contributed by atoms with Crippen LogP contribution in [0.1, 0.15) is 17.3 Å². The summed E-state index contributed by atoms with van der Waals surface area (Å²) in [7, 11) is -4.43. The van der Waals surface area contributed by atoms with Crippen molar-refractivity contribution >= 4 is 32.5 Å². The summed E-state index contributed by atoms with van der Waals surface area (Å²) in [5, 5.41) is 1.33. The number of nitrogens with one attached hydrogen (secondary N) is 1. The number of ketones is 1. The highest BCUT2D eigenvalue weighted by Gasteiger charge is 2.15. The number of benzene rings is 2. The van der Waals surface area contributed by atoms with Crippen LogP contribution in [0.3, 0.4) is 0 Å². The van der Waals surface area contributed by atoms with Crippen molar-refractivity contribution in [1.82, 2.24) is 0 Å². The Labute approximate surface area is 104 Å². The molecule has 0 saturated carbocycles. The maximum Gasteiger partial charge on any atom is 0.357 e. The van der Waals surface area contributed by atoms with Crippen molar-refractivity contribution in [3.8, 4) is 0 Å². The van der Waals surface area contributed by atoms with Gasteiger partial charge in [0, 0.05) is 10.9 Å². The SMILES string of the molecule is CC(=O)c1ccc2ccccc2c1NS(=O)(=O)O. The maximum atomic E-state index is 11.5. The average molecular weight is 265 g/mol. The first kappa shape index (κ1) is 12.5. The van der Waals surface area contributed by atoms with Gasteiger partial charge in [-0.2, -0.15) is 8.42 Å². The Morgan fingerprint density at radius 3 is 2.44 bits per heavy atom. The van der Waals surface area contributed by atoms with Crippen molar-refractivity contribution in [1.29, 1.82) is 0 Å². The third-order valence-corrected chi connectivity index (χ3v) is 3.00. The zero-order valence-corrected chi connectivity index (χ0v) is 10.4. The third-order valence-electron chi connectivity index (χ3n) is 2.54. The fourth-order valence-electron chi connectivity index (χ4n) is 1.80. The van der Waals surface area contributed by atoms with Crippen molar-refractivity contribution in [3.63, 3.8) is 0 Å². The molecule has 2 N–H and O–H groups in total. The number of fused-ring (bicyclic) bond motifs is 1. The molecule has 2 aromatic carbocycles. The molecule has 0 fully saturated rings. The zero-order chi connectivity index (χ0) is 13.3. The minimum Gasteiger partial charge on any atom is -0.294 e. The topological polar surface area (TPSA) is 83.5 Å². The lowest BCUT2D eigenvalue weighted by Crippen LogP contribution is -2.13. The molecule has 0 saturated heterocycles. The van der Waals surface area contributed by atoms with Crippen molar-refractivity contribution in [3.05, 3.63) is 42.0 Å². The van der Waals surface area contributed by atoms with Gasteiger partial charge in [0.2, 0.25) is 0 Å². The van der Waals surface area contributed by atoms with Gasteiger partial charge in [-0.15, -0.1) is 0 Å². The lowest BCUT2D eigenvalue weighted by molar-refractivity contribution is 0.101. The van der Waals surface area contributed by atoms with E-state index in [1.165, 1.54) is 13.0 Å². The molecule has 0 atom stereocenters. The predicted molar refractivity (Wildman–Crippen MR) is 69.1 cm³/mol. The Morgan fingerprint density at radius 2 is 1.83 bits per heavy atom. The molecule has 0 aliphatic rings. The summed E-state index contributed by atoms with van der Waals surface area (Å²) >= 11 is 0. The molecule has 0 radical (unpaired) electrons. The molecule has 94 valence electrons. The van der Waals surface area contributed by atoms with E-state index in [9.17, 15) is 13.2 Å². The largest absolute Gasteiger partial charge is 0.357 e. The second-order valence-electron chi connectivity index (χ2n) is 3.84. The van der Waals surface area contributed by atoms with E-state index in [0.29, 0.717) is 5.39 Å². The van der Waals surface area contributed by atoms with Gasteiger partial charge in [0.05, 0.1) is 5.69 Å². The van der Waals surface area contributed by atoms with E-state index < -0.39 is 10.3 Å². The Bertz CT molecular complexity index is 722. The van der Waals surface area contributed by atoms with Gasteiger partial charge in [-0.3, -0.25) is 14.1 Å². The van der Waals surface area contributed by atoms with Gasteiger partial charge in [0.25, 0.3) is 0 Å². The normalized spacial score (nSPS) is 11.4. The maximum absolute atomic E-state index is 11.5. The molecule has 0 spiro atoms. The van der Waals surface area contributed by atoms with Crippen LogP contribution in [0.2, 0.25) is 0 Å². The number of rotatable bonds is 3. The van der Waals surface area contributed by atoms with E-state index in [1.54, 1.807) is 30.3 Å². The summed E-state index contributed by atoms with van der Waals surface area (Å²) in [6.07, 6.45) is 0. The van der Waals surface area contributed by atoms with Gasteiger partial charge in [0.15, 0.2) is 5.78 Å². The first-order chi connectivity index (χ1) is 8.38. The van der Waals surface area contributed by atoms with Gasteiger partial charge < -0.3 is 0 Å². The van der Waals surface area contributed by atoms with Crippen molar-refractivity contribution in [2.24, 2.45) is 0 Å². The molecule has 6 heteroatoms. The molecule has 2 aromatic rings. The van der Waals surface area contributed by atoms with Crippen LogP contribution < -0.4 is 4.72 Å². The summed E-state index contributed by atoms with van der Waals surface area (Å²) < 4.78 is 32.8. The van der Waals surface area contributed by atoms with Gasteiger partial charge in [0.1, 0.15) is 0 Å². The smallest absolute Gasteiger partial charge is 0.294 e. The highest BCUT2D eigenvalue weighted by molar-refractivity contribution is 7.87. The second kappa shape index (κ2) is 4.40. The first-order valence-corrected chi connectivity index (χ1v) is 6.60. The predicted octanol–water partition coefficient (Wildman–Crippen LogP) is 2.26. The molecule has 18 heavy (non-hydrogen) atoms. The van der Waals surface area contributed by atoms with E-state index in [1.807, 2.05) is 4.72 Å². The van der Waals surface area contributed by atoms with E-state index in [2.05, 4.69) is 0 Å². The van der Waals surface area contributed by atoms with Crippen LogP contribution in [0.5, 0.6) is 0 Å². The third kappa shape index (κ3) is 2.49. The van der Waals surface area contributed by atoms with Crippen molar-refractivity contribution < 1.29 is 17.8 Å². The molecule has 0 heterocycles. The summed E-state index contributed by atoms with van der Waals surface area (Å²) in [6.45, 7) is 1.33. The number of Topliss-reactive ketones (excluding diaryl/α,β-unsaturated/α-hetero) is 1. The molecule has 0 amide bonds. The Morgan fingerprint density at radius 1 is 1.17 bits per heavy atom. The van der Waals surface area contributed by atoms with E-state index in [-0.39, 0.29) is 17.0 Å². The van der Waals surface area contributed by atoms with Crippen LogP contribution in [0.25, 0.3) is 10.8 Å². The van der Waals surface area contributed by atoms with E-state index in [0.717, 1.165) is 5.39 Å². The van der Waals surface area contributed by atoms with Crippen molar-refractivity contribution in [2.45, 2.75) is 6.92 Å². The lowest BCUT2D eigenvalue weighted by atomic mass is 10.0. The summed E-state index contributed by atoms with van der Waals surface area (Å²) in [6, 6.07) is 10.2. The molecule has 5 nitrogen and oxygen atoms in total. The quantitative estimate of drug-likeness (QED) is 0.658. The highest BCUT2D eigenvalue weighted by Crippen LogP contribution is 2.28.